The lowest BCUT2D eigenvalue weighted by atomic mass is 10.0. The number of nitrogens with zero attached hydrogens (tertiary/aromatic N) is 2. The molecule has 0 aliphatic heterocycles. The Bertz CT molecular complexity index is 1390. The first kappa shape index (κ1) is 25.1. The van der Waals surface area contributed by atoms with Crippen LogP contribution in [0.3, 0.4) is 0 Å². The van der Waals surface area contributed by atoms with Crippen molar-refractivity contribution in [3.05, 3.63) is 88.5 Å². The van der Waals surface area contributed by atoms with Crippen molar-refractivity contribution in [2.45, 2.75) is 39.3 Å². The lowest BCUT2D eigenvalue weighted by Crippen LogP contribution is -2.35. The molecule has 2 aromatic heterocycles. The summed E-state index contributed by atoms with van der Waals surface area (Å²) in [7, 11) is 1.56. The Labute approximate surface area is 208 Å². The second-order valence-corrected chi connectivity index (χ2v) is 8.55. The summed E-state index contributed by atoms with van der Waals surface area (Å²) >= 11 is 0. The number of aryl methyl sites for hydroxylation is 2. The van der Waals surface area contributed by atoms with Crippen molar-refractivity contribution in [1.29, 1.82) is 0 Å². The van der Waals surface area contributed by atoms with Gasteiger partial charge >= 0.3 is 0 Å². The van der Waals surface area contributed by atoms with Crippen LogP contribution in [0.15, 0.2) is 60.8 Å². The first-order chi connectivity index (χ1) is 17.2. The third-order valence-corrected chi connectivity index (χ3v) is 6.14. The fraction of sp³-hybridized carbons (Fsp3) is 0.259. The highest BCUT2D eigenvalue weighted by atomic mass is 19.3. The van der Waals surface area contributed by atoms with Gasteiger partial charge in [0.2, 0.25) is 0 Å². The van der Waals surface area contributed by atoms with Crippen LogP contribution in [0.5, 0.6) is 5.75 Å². The number of aromatic amines is 1. The molecule has 0 fully saturated rings. The van der Waals surface area contributed by atoms with Gasteiger partial charge in [-0.2, -0.15) is 0 Å². The van der Waals surface area contributed by atoms with E-state index in [1.807, 2.05) is 19.1 Å². The maximum Gasteiger partial charge on any atom is 0.290 e. The lowest BCUT2D eigenvalue weighted by molar-refractivity contribution is -0.604. The molecule has 36 heavy (non-hydrogen) atoms. The second kappa shape index (κ2) is 9.94. The number of aliphatic hydroxyl groups is 1. The van der Waals surface area contributed by atoms with Gasteiger partial charge in [0.1, 0.15) is 11.4 Å². The number of anilines is 1. The molecule has 0 spiro atoms. The standard InChI is InChI=1S/C27H28F2N4O3/c1-5-27(28,29)19-9-6-10-20(15-19)32-26(34)24-17(3)31-25(33(24)35)18-11-12-22(36-4)21(14-18)23-16(2)8-7-13-30-23/h6-15,26,31-32,34H,5H2,1-4H3. The number of ether oxygens (including phenoxy) is 1. The number of hydrogen-bond acceptors (Lipinski definition) is 5. The van der Waals surface area contributed by atoms with Crippen LogP contribution in [-0.4, -0.2) is 22.2 Å². The smallest absolute Gasteiger partial charge is 0.290 e. The fourth-order valence-corrected chi connectivity index (χ4v) is 4.15. The van der Waals surface area contributed by atoms with Gasteiger partial charge in [-0.15, -0.1) is 0 Å². The highest BCUT2D eigenvalue weighted by Gasteiger charge is 2.30. The van der Waals surface area contributed by atoms with Gasteiger partial charge in [0.15, 0.2) is 11.9 Å². The molecule has 0 aliphatic carbocycles. The second-order valence-electron chi connectivity index (χ2n) is 8.55. The summed E-state index contributed by atoms with van der Waals surface area (Å²) in [4.78, 5) is 7.50. The van der Waals surface area contributed by atoms with Crippen LogP contribution in [0.4, 0.5) is 14.5 Å². The first-order valence-corrected chi connectivity index (χ1v) is 11.5. The normalized spacial score (nSPS) is 12.4. The Morgan fingerprint density at radius 2 is 1.94 bits per heavy atom. The molecule has 9 heteroatoms. The van der Waals surface area contributed by atoms with Gasteiger partial charge in [0.25, 0.3) is 11.7 Å². The summed E-state index contributed by atoms with van der Waals surface area (Å²) in [6, 6.07) is 14.7. The summed E-state index contributed by atoms with van der Waals surface area (Å²) in [5, 5.41) is 26.9. The molecule has 2 heterocycles. The van der Waals surface area contributed by atoms with Crippen molar-refractivity contribution in [2.75, 3.05) is 12.4 Å². The van der Waals surface area contributed by atoms with Gasteiger partial charge in [-0.3, -0.25) is 4.98 Å². The molecule has 7 nitrogen and oxygen atoms in total. The number of alkyl halides is 2. The number of benzene rings is 2. The van der Waals surface area contributed by atoms with Crippen LogP contribution in [-0.2, 0) is 5.92 Å². The van der Waals surface area contributed by atoms with E-state index in [9.17, 15) is 19.1 Å². The van der Waals surface area contributed by atoms with Gasteiger partial charge in [-0.05, 0) is 48.9 Å². The minimum atomic E-state index is -2.99. The molecule has 0 amide bonds. The number of aromatic nitrogens is 3. The highest BCUT2D eigenvalue weighted by molar-refractivity contribution is 5.75. The number of nitrogens with one attached hydrogen (secondary N) is 2. The number of hydrogen-bond donors (Lipinski definition) is 3. The predicted molar refractivity (Wildman–Crippen MR) is 134 cm³/mol. The van der Waals surface area contributed by atoms with Crippen molar-refractivity contribution >= 4 is 5.69 Å². The monoisotopic (exact) mass is 494 g/mol. The fourth-order valence-electron chi connectivity index (χ4n) is 4.15. The van der Waals surface area contributed by atoms with Crippen LogP contribution in [0.25, 0.3) is 22.6 Å². The SMILES string of the molecule is CCC(F)(F)c1cccc(NC(O)c2c(C)[nH]c(-c3ccc(OC)c(-c4ncccc4C)c3)[n+]2[O-])c1. The molecule has 188 valence electrons. The van der Waals surface area contributed by atoms with Crippen LogP contribution >= 0.6 is 0 Å². The number of imidazole rings is 1. The van der Waals surface area contributed by atoms with E-state index < -0.39 is 12.2 Å². The molecule has 0 radical (unpaired) electrons. The zero-order valence-electron chi connectivity index (χ0n) is 20.5. The van der Waals surface area contributed by atoms with Crippen molar-refractivity contribution in [1.82, 2.24) is 9.97 Å². The number of pyridine rings is 1. The van der Waals surface area contributed by atoms with E-state index in [4.69, 9.17) is 4.74 Å². The molecule has 1 unspecified atom stereocenters. The van der Waals surface area contributed by atoms with E-state index in [0.717, 1.165) is 11.3 Å². The highest BCUT2D eigenvalue weighted by Crippen LogP contribution is 2.35. The molecule has 0 bridgehead atoms. The molecule has 0 saturated carbocycles. The Morgan fingerprint density at radius 1 is 1.17 bits per heavy atom. The maximum absolute atomic E-state index is 14.1. The van der Waals surface area contributed by atoms with Crippen molar-refractivity contribution in [3.63, 3.8) is 0 Å². The van der Waals surface area contributed by atoms with E-state index in [1.54, 1.807) is 44.5 Å². The molecule has 0 aliphatic rings. The van der Waals surface area contributed by atoms with Gasteiger partial charge < -0.3 is 20.4 Å². The molecular formula is C27H28F2N4O3. The van der Waals surface area contributed by atoms with Gasteiger partial charge in [0.05, 0.1) is 18.4 Å². The van der Waals surface area contributed by atoms with Gasteiger partial charge in [-0.25, -0.2) is 18.5 Å². The minimum absolute atomic E-state index is 0.0315. The number of halogens is 2. The summed E-state index contributed by atoms with van der Waals surface area (Å²) in [5.74, 6) is -2.17. The summed E-state index contributed by atoms with van der Waals surface area (Å²) in [5.41, 5.74) is 3.52. The average Bonchev–Trinajstić information content (AvgIpc) is 3.17. The van der Waals surface area contributed by atoms with Crippen LogP contribution < -0.4 is 14.8 Å². The Morgan fingerprint density at radius 3 is 2.64 bits per heavy atom. The summed E-state index contributed by atoms with van der Waals surface area (Å²) < 4.78 is 34.4. The predicted octanol–water partition coefficient (Wildman–Crippen LogP) is 5.61. The quantitative estimate of drug-likeness (QED) is 0.168. The molecule has 3 N–H and O–H groups in total. The number of H-pyrrole nitrogens is 1. The maximum atomic E-state index is 14.1. The first-order valence-electron chi connectivity index (χ1n) is 11.5. The van der Waals surface area contributed by atoms with Crippen LogP contribution in [0.1, 0.15) is 42.1 Å². The van der Waals surface area contributed by atoms with Crippen LogP contribution in [0, 0.1) is 19.1 Å². The lowest BCUT2D eigenvalue weighted by Gasteiger charge is -2.18. The molecule has 1 atom stereocenters. The van der Waals surface area contributed by atoms with E-state index >= 15 is 0 Å². The van der Waals surface area contributed by atoms with E-state index in [1.165, 1.54) is 25.1 Å². The topological polar surface area (TPSA) is 97.1 Å². The summed E-state index contributed by atoms with van der Waals surface area (Å²) in [6.07, 6.45) is -0.0948. The molecule has 0 saturated heterocycles. The molecule has 2 aromatic carbocycles. The summed E-state index contributed by atoms with van der Waals surface area (Å²) in [6.45, 7) is 5.00. The third-order valence-electron chi connectivity index (χ3n) is 6.14. The molecule has 4 rings (SSSR count). The number of methoxy groups -OCH3 is 1. The third kappa shape index (κ3) is 4.74. The number of aliphatic hydroxyl groups excluding tert-OH is 1. The largest absolute Gasteiger partial charge is 0.710 e. The van der Waals surface area contributed by atoms with Crippen molar-refractivity contribution in [2.24, 2.45) is 0 Å². The Hall–Kier alpha value is -3.98. The Balaban J connectivity index is 1.69. The van der Waals surface area contributed by atoms with Crippen LogP contribution in [0.2, 0.25) is 0 Å². The van der Waals surface area contributed by atoms with Gasteiger partial charge in [0, 0.05) is 36.4 Å². The van der Waals surface area contributed by atoms with Gasteiger partial charge in [-0.1, -0.05) is 25.1 Å². The number of rotatable bonds is 8. The van der Waals surface area contributed by atoms with E-state index in [0.29, 0.717) is 27.3 Å². The average molecular weight is 495 g/mol. The van der Waals surface area contributed by atoms with E-state index in [-0.39, 0.29) is 29.2 Å². The Kier molecular flexibility index (Phi) is 6.94. The van der Waals surface area contributed by atoms with Crippen molar-refractivity contribution < 1.29 is 23.4 Å². The zero-order valence-corrected chi connectivity index (χ0v) is 20.5. The van der Waals surface area contributed by atoms with Crippen molar-refractivity contribution in [3.8, 4) is 28.4 Å². The molecule has 4 aromatic rings. The minimum Gasteiger partial charge on any atom is -0.710 e. The zero-order chi connectivity index (χ0) is 26.0. The molecular weight excluding hydrogens is 466 g/mol. The van der Waals surface area contributed by atoms with E-state index in [2.05, 4.69) is 15.3 Å².